The van der Waals surface area contributed by atoms with E-state index in [1.807, 2.05) is 19.1 Å². The maximum absolute atomic E-state index is 12.4. The van der Waals surface area contributed by atoms with Crippen molar-refractivity contribution in [1.29, 1.82) is 0 Å². The molecule has 0 fully saturated rings. The Morgan fingerprint density at radius 2 is 1.71 bits per heavy atom. The van der Waals surface area contributed by atoms with E-state index in [0.717, 1.165) is 11.1 Å². The van der Waals surface area contributed by atoms with Gasteiger partial charge in [-0.05, 0) is 30.7 Å². The predicted molar refractivity (Wildman–Crippen MR) is 85.4 cm³/mol. The summed E-state index contributed by atoms with van der Waals surface area (Å²) in [5.41, 5.74) is 2.55. The fourth-order valence-electron chi connectivity index (χ4n) is 2.79. The fourth-order valence-corrected chi connectivity index (χ4v) is 2.79. The van der Waals surface area contributed by atoms with Gasteiger partial charge in [0, 0.05) is 17.1 Å². The Morgan fingerprint density at radius 1 is 1.04 bits per heavy atom. The Balaban J connectivity index is 1.65. The monoisotopic (exact) mass is 320 g/mol. The van der Waals surface area contributed by atoms with Crippen LogP contribution in [0.5, 0.6) is 0 Å². The summed E-state index contributed by atoms with van der Waals surface area (Å²) in [4.78, 5) is 45.0. The molecule has 0 saturated heterocycles. The van der Waals surface area contributed by atoms with Gasteiger partial charge in [-0.1, -0.05) is 29.3 Å². The molecule has 1 aliphatic rings. The molecule has 118 valence electrons. The topological polar surface area (TPSA) is 79.5 Å². The first-order chi connectivity index (χ1) is 11.6. The summed E-state index contributed by atoms with van der Waals surface area (Å²) < 4.78 is 0. The van der Waals surface area contributed by atoms with Crippen LogP contribution in [0.4, 0.5) is 0 Å². The van der Waals surface area contributed by atoms with Crippen molar-refractivity contribution in [3.05, 3.63) is 70.9 Å². The first-order valence-corrected chi connectivity index (χ1v) is 7.34. The van der Waals surface area contributed by atoms with Crippen LogP contribution in [0.1, 0.15) is 36.6 Å². The van der Waals surface area contributed by atoms with Gasteiger partial charge in [-0.3, -0.25) is 9.59 Å². The highest BCUT2D eigenvalue weighted by Gasteiger charge is 2.39. The lowest BCUT2D eigenvalue weighted by molar-refractivity contribution is -0.0583. The minimum absolute atomic E-state index is 0.227. The average molecular weight is 320 g/mol. The number of H-pyrrole nitrogens is 1. The quantitative estimate of drug-likeness (QED) is 0.736. The summed E-state index contributed by atoms with van der Waals surface area (Å²) >= 11 is 0. The number of nitrogens with one attached hydrogen (secondary N) is 1. The highest BCUT2D eigenvalue weighted by Crippen LogP contribution is 2.25. The van der Waals surface area contributed by atoms with Crippen molar-refractivity contribution in [2.75, 3.05) is 0 Å². The molecule has 24 heavy (non-hydrogen) atoms. The summed E-state index contributed by atoms with van der Waals surface area (Å²) in [5, 5.41) is 1.18. The van der Waals surface area contributed by atoms with Crippen molar-refractivity contribution < 1.29 is 19.2 Å². The van der Waals surface area contributed by atoms with E-state index >= 15 is 0 Å². The van der Waals surface area contributed by atoms with E-state index < -0.39 is 17.8 Å². The second kappa shape index (κ2) is 5.06. The molecule has 0 radical (unpaired) electrons. The summed E-state index contributed by atoms with van der Waals surface area (Å²) in [6.45, 7) is 1.94. The molecule has 0 spiro atoms. The van der Waals surface area contributed by atoms with Crippen LogP contribution >= 0.6 is 0 Å². The predicted octanol–water partition coefficient (Wildman–Crippen LogP) is 2.84. The molecule has 0 atom stereocenters. The lowest BCUT2D eigenvalue weighted by atomic mass is 10.1. The number of benzene rings is 2. The molecule has 2 amide bonds. The molecule has 1 N–H and O–H groups in total. The van der Waals surface area contributed by atoms with Crippen LogP contribution in [-0.4, -0.2) is 27.8 Å². The number of aromatic nitrogens is 1. The molecule has 3 aromatic rings. The van der Waals surface area contributed by atoms with E-state index in [2.05, 4.69) is 4.98 Å². The third-order valence-corrected chi connectivity index (χ3v) is 3.99. The minimum Gasteiger partial charge on any atom is -0.360 e. The first kappa shape index (κ1) is 14.2. The van der Waals surface area contributed by atoms with E-state index in [4.69, 9.17) is 4.84 Å². The Morgan fingerprint density at radius 3 is 2.38 bits per heavy atom. The largest absolute Gasteiger partial charge is 0.366 e. The second-order valence-corrected chi connectivity index (χ2v) is 5.58. The number of hydrogen-bond acceptors (Lipinski definition) is 4. The summed E-state index contributed by atoms with van der Waals surface area (Å²) in [6, 6.07) is 11.9. The number of carbonyl (C=O) groups excluding carboxylic acids is 3. The normalized spacial score (nSPS) is 13.5. The van der Waals surface area contributed by atoms with Crippen molar-refractivity contribution in [3.8, 4) is 0 Å². The highest BCUT2D eigenvalue weighted by atomic mass is 16.7. The van der Waals surface area contributed by atoms with Crippen molar-refractivity contribution in [2.24, 2.45) is 0 Å². The zero-order valence-corrected chi connectivity index (χ0v) is 12.7. The van der Waals surface area contributed by atoms with Gasteiger partial charge < -0.3 is 9.82 Å². The lowest BCUT2D eigenvalue weighted by Crippen LogP contribution is -2.32. The number of hydrogen-bond donors (Lipinski definition) is 1. The minimum atomic E-state index is -0.764. The number of imide groups is 1. The van der Waals surface area contributed by atoms with Crippen LogP contribution in [0.3, 0.4) is 0 Å². The number of amides is 2. The molecule has 0 saturated carbocycles. The van der Waals surface area contributed by atoms with Gasteiger partial charge in [-0.2, -0.15) is 0 Å². The summed E-state index contributed by atoms with van der Waals surface area (Å²) in [6.07, 6.45) is 1.50. The molecule has 1 aromatic heterocycles. The van der Waals surface area contributed by atoms with Crippen LogP contribution in [-0.2, 0) is 4.84 Å². The van der Waals surface area contributed by atoms with Gasteiger partial charge in [0.05, 0.1) is 16.7 Å². The van der Waals surface area contributed by atoms with E-state index in [1.54, 1.807) is 18.2 Å². The fraction of sp³-hybridized carbons (Fsp3) is 0.0556. The number of rotatable bonds is 2. The van der Waals surface area contributed by atoms with Gasteiger partial charge >= 0.3 is 5.97 Å². The van der Waals surface area contributed by atoms with E-state index in [1.165, 1.54) is 18.3 Å². The Labute approximate surface area is 136 Å². The molecule has 6 nitrogen and oxygen atoms in total. The number of nitrogens with zero attached hydrogens (tertiary/aromatic N) is 1. The number of aromatic amines is 1. The number of hydroxylamine groups is 2. The van der Waals surface area contributed by atoms with Crippen molar-refractivity contribution in [2.45, 2.75) is 6.92 Å². The summed E-state index contributed by atoms with van der Waals surface area (Å²) in [5.74, 6) is -2.04. The molecular weight excluding hydrogens is 308 g/mol. The van der Waals surface area contributed by atoms with E-state index in [9.17, 15) is 14.4 Å². The van der Waals surface area contributed by atoms with Gasteiger partial charge in [0.15, 0.2) is 0 Å². The third-order valence-electron chi connectivity index (χ3n) is 3.99. The molecule has 4 rings (SSSR count). The van der Waals surface area contributed by atoms with Crippen molar-refractivity contribution in [3.63, 3.8) is 0 Å². The third kappa shape index (κ3) is 2.00. The van der Waals surface area contributed by atoms with Gasteiger partial charge in [0.1, 0.15) is 0 Å². The van der Waals surface area contributed by atoms with Crippen LogP contribution < -0.4 is 0 Å². The Kier molecular flexibility index (Phi) is 2.99. The van der Waals surface area contributed by atoms with Gasteiger partial charge in [-0.25, -0.2) is 4.79 Å². The molecule has 6 heteroatoms. The van der Waals surface area contributed by atoms with Gasteiger partial charge in [0.2, 0.25) is 0 Å². The van der Waals surface area contributed by atoms with E-state index in [0.29, 0.717) is 10.4 Å². The van der Waals surface area contributed by atoms with Crippen LogP contribution in [0.15, 0.2) is 48.7 Å². The SMILES string of the molecule is Cc1ccc2c(C(=O)ON3C(=O)c4ccccc4C3=O)c[nH]c2c1. The Hall–Kier alpha value is -3.41. The van der Waals surface area contributed by atoms with Crippen LogP contribution in [0.25, 0.3) is 10.9 Å². The number of aryl methyl sites for hydroxylation is 1. The van der Waals surface area contributed by atoms with Gasteiger partial charge in [-0.15, -0.1) is 0 Å². The van der Waals surface area contributed by atoms with Crippen molar-refractivity contribution >= 4 is 28.7 Å². The maximum atomic E-state index is 12.4. The molecule has 0 bridgehead atoms. The zero-order chi connectivity index (χ0) is 16.8. The van der Waals surface area contributed by atoms with Crippen LogP contribution in [0, 0.1) is 6.92 Å². The first-order valence-electron chi connectivity index (χ1n) is 7.34. The van der Waals surface area contributed by atoms with Crippen LogP contribution in [0.2, 0.25) is 0 Å². The Bertz CT molecular complexity index is 984. The van der Waals surface area contributed by atoms with Crippen molar-refractivity contribution in [1.82, 2.24) is 10.0 Å². The summed E-state index contributed by atoms with van der Waals surface area (Å²) in [7, 11) is 0. The molecule has 2 aromatic carbocycles. The average Bonchev–Trinajstić information content (AvgIpc) is 3.10. The molecule has 0 unspecified atom stereocenters. The number of fused-ring (bicyclic) bond motifs is 2. The standard InChI is InChI=1S/C18H12N2O4/c1-10-6-7-11-14(9-19-15(11)8-10)18(23)24-20-16(21)12-4-2-3-5-13(12)17(20)22/h2-9,19H,1H3. The van der Waals surface area contributed by atoms with E-state index in [-0.39, 0.29) is 16.7 Å². The molecular formula is C18H12N2O4. The lowest BCUT2D eigenvalue weighted by Gasteiger charge is -2.12. The maximum Gasteiger partial charge on any atom is 0.366 e. The van der Waals surface area contributed by atoms with Gasteiger partial charge in [0.25, 0.3) is 11.8 Å². The molecule has 1 aliphatic heterocycles. The molecule has 2 heterocycles. The zero-order valence-electron chi connectivity index (χ0n) is 12.7. The second-order valence-electron chi connectivity index (χ2n) is 5.58. The molecule has 0 aliphatic carbocycles. The highest BCUT2D eigenvalue weighted by molar-refractivity contribution is 6.21. The number of carbonyl (C=O) groups is 3. The smallest absolute Gasteiger partial charge is 0.360 e.